The fourth-order valence-corrected chi connectivity index (χ4v) is 4.57. The Morgan fingerprint density at radius 3 is 2.42 bits per heavy atom. The Morgan fingerprint density at radius 1 is 1.08 bits per heavy atom. The lowest BCUT2D eigenvalue weighted by atomic mass is 10.0. The SMILES string of the molecule is CCCCN(CC)c1nc(Cl)nc2sc(C)c(-c3ccc(CC)cc3)c12. The lowest BCUT2D eigenvalue weighted by Crippen LogP contribution is -2.25. The predicted molar refractivity (Wildman–Crippen MR) is 115 cm³/mol. The number of anilines is 1. The van der Waals surface area contributed by atoms with Crippen LogP contribution in [-0.2, 0) is 6.42 Å². The third-order valence-electron chi connectivity index (χ3n) is 4.79. The molecule has 3 nitrogen and oxygen atoms in total. The van der Waals surface area contributed by atoms with Crippen LogP contribution in [0.4, 0.5) is 5.82 Å². The van der Waals surface area contributed by atoms with Crippen LogP contribution in [0.2, 0.25) is 5.28 Å². The molecule has 0 amide bonds. The molecule has 0 saturated carbocycles. The number of halogens is 1. The third kappa shape index (κ3) is 3.72. The van der Waals surface area contributed by atoms with Crippen LogP contribution in [-0.4, -0.2) is 23.1 Å². The maximum atomic E-state index is 6.26. The fourth-order valence-electron chi connectivity index (χ4n) is 3.31. The second-order valence-electron chi connectivity index (χ2n) is 6.51. The number of benzene rings is 1. The van der Waals surface area contributed by atoms with Gasteiger partial charge in [-0.25, -0.2) is 4.98 Å². The highest BCUT2D eigenvalue weighted by Crippen LogP contribution is 2.42. The summed E-state index contributed by atoms with van der Waals surface area (Å²) in [5.41, 5.74) is 3.82. The predicted octanol–water partition coefficient (Wildman–Crippen LogP) is 6.51. The van der Waals surface area contributed by atoms with Gasteiger partial charge in [0.05, 0.1) is 5.39 Å². The number of aryl methyl sites for hydroxylation is 2. The molecule has 0 fully saturated rings. The molecule has 0 atom stereocenters. The standard InChI is InChI=1S/C21H26ClN3S/c1-5-8-13-25(7-3)19-18-17(16-11-9-15(6-2)10-12-16)14(4)26-20(18)24-21(22)23-19/h9-12H,5-8,13H2,1-4H3. The van der Waals surface area contributed by atoms with Gasteiger partial charge in [0.1, 0.15) is 10.6 Å². The maximum Gasteiger partial charge on any atom is 0.225 e. The molecule has 0 aliphatic carbocycles. The summed E-state index contributed by atoms with van der Waals surface area (Å²) in [6.45, 7) is 10.6. The van der Waals surface area contributed by atoms with E-state index in [4.69, 9.17) is 11.6 Å². The molecular formula is C21H26ClN3S. The quantitative estimate of drug-likeness (QED) is 0.432. The van der Waals surface area contributed by atoms with E-state index in [2.05, 4.69) is 66.8 Å². The Balaban J connectivity index is 2.21. The van der Waals surface area contributed by atoms with Crippen LogP contribution < -0.4 is 4.90 Å². The first-order valence-corrected chi connectivity index (χ1v) is 10.6. The van der Waals surface area contributed by atoms with Crippen molar-refractivity contribution in [2.24, 2.45) is 0 Å². The third-order valence-corrected chi connectivity index (χ3v) is 5.96. The number of unbranched alkanes of at least 4 members (excludes halogenated alkanes) is 1. The average Bonchev–Trinajstić information content (AvgIpc) is 2.97. The molecule has 0 saturated heterocycles. The monoisotopic (exact) mass is 387 g/mol. The van der Waals surface area contributed by atoms with Gasteiger partial charge in [0, 0.05) is 23.5 Å². The average molecular weight is 388 g/mol. The minimum atomic E-state index is 0.330. The van der Waals surface area contributed by atoms with Gasteiger partial charge in [-0.15, -0.1) is 11.3 Å². The van der Waals surface area contributed by atoms with Crippen molar-refractivity contribution in [1.29, 1.82) is 0 Å². The smallest absolute Gasteiger partial charge is 0.225 e. The summed E-state index contributed by atoms with van der Waals surface area (Å²) in [4.78, 5) is 13.7. The normalized spacial score (nSPS) is 11.3. The number of hydrogen-bond acceptors (Lipinski definition) is 4. The van der Waals surface area contributed by atoms with Crippen molar-refractivity contribution in [3.8, 4) is 11.1 Å². The van der Waals surface area contributed by atoms with Crippen molar-refractivity contribution >= 4 is 39.0 Å². The number of rotatable bonds is 7. The number of fused-ring (bicyclic) bond motifs is 1. The van der Waals surface area contributed by atoms with Crippen LogP contribution in [0.5, 0.6) is 0 Å². The van der Waals surface area contributed by atoms with Crippen molar-refractivity contribution in [3.05, 3.63) is 40.0 Å². The molecule has 0 aliphatic heterocycles. The Hall–Kier alpha value is -1.65. The van der Waals surface area contributed by atoms with Gasteiger partial charge in [0.25, 0.3) is 0 Å². The van der Waals surface area contributed by atoms with Gasteiger partial charge in [-0.1, -0.05) is 44.5 Å². The Kier molecular flexibility index (Phi) is 6.15. The van der Waals surface area contributed by atoms with Gasteiger partial charge >= 0.3 is 0 Å². The molecule has 0 bridgehead atoms. The summed E-state index contributed by atoms with van der Waals surface area (Å²) < 4.78 is 0. The van der Waals surface area contributed by atoms with Crippen LogP contribution in [0, 0.1) is 6.92 Å². The molecule has 0 N–H and O–H groups in total. The number of aromatic nitrogens is 2. The van der Waals surface area contributed by atoms with Gasteiger partial charge in [0.2, 0.25) is 5.28 Å². The first-order chi connectivity index (χ1) is 12.6. The van der Waals surface area contributed by atoms with E-state index < -0.39 is 0 Å². The van der Waals surface area contributed by atoms with E-state index in [9.17, 15) is 0 Å². The van der Waals surface area contributed by atoms with Crippen LogP contribution >= 0.6 is 22.9 Å². The fraction of sp³-hybridized carbons (Fsp3) is 0.429. The zero-order chi connectivity index (χ0) is 18.7. The second-order valence-corrected chi connectivity index (χ2v) is 8.05. The van der Waals surface area contributed by atoms with Crippen LogP contribution in [0.15, 0.2) is 24.3 Å². The summed E-state index contributed by atoms with van der Waals surface area (Å²) in [5.74, 6) is 0.967. The van der Waals surface area contributed by atoms with Crippen molar-refractivity contribution in [1.82, 2.24) is 9.97 Å². The Bertz CT molecular complexity index is 886. The molecule has 5 heteroatoms. The van der Waals surface area contributed by atoms with E-state index in [1.54, 1.807) is 11.3 Å². The minimum absolute atomic E-state index is 0.330. The highest BCUT2D eigenvalue weighted by Gasteiger charge is 2.21. The van der Waals surface area contributed by atoms with E-state index >= 15 is 0 Å². The lowest BCUT2D eigenvalue weighted by molar-refractivity contribution is 0.726. The summed E-state index contributed by atoms with van der Waals surface area (Å²) in [5, 5.41) is 1.47. The van der Waals surface area contributed by atoms with Crippen molar-refractivity contribution in [2.75, 3.05) is 18.0 Å². The molecule has 26 heavy (non-hydrogen) atoms. The molecule has 0 radical (unpaired) electrons. The zero-order valence-electron chi connectivity index (χ0n) is 16.0. The first-order valence-electron chi connectivity index (χ1n) is 9.39. The number of thiophene rings is 1. The molecular weight excluding hydrogens is 362 g/mol. The molecule has 138 valence electrons. The van der Waals surface area contributed by atoms with E-state index in [1.165, 1.54) is 21.6 Å². The van der Waals surface area contributed by atoms with Gasteiger partial charge in [-0.05, 0) is 49.4 Å². The van der Waals surface area contributed by atoms with Crippen molar-refractivity contribution in [2.45, 2.75) is 47.0 Å². The van der Waals surface area contributed by atoms with E-state index in [0.29, 0.717) is 5.28 Å². The zero-order valence-corrected chi connectivity index (χ0v) is 17.5. The minimum Gasteiger partial charge on any atom is -0.356 e. The molecule has 0 unspecified atom stereocenters. The van der Waals surface area contributed by atoms with Crippen molar-refractivity contribution < 1.29 is 0 Å². The molecule has 0 spiro atoms. The second kappa shape index (κ2) is 8.36. The summed E-state index contributed by atoms with van der Waals surface area (Å²) >= 11 is 7.97. The summed E-state index contributed by atoms with van der Waals surface area (Å²) in [6, 6.07) is 8.86. The van der Waals surface area contributed by atoms with Crippen LogP contribution in [0.25, 0.3) is 21.3 Å². The van der Waals surface area contributed by atoms with Gasteiger partial charge < -0.3 is 4.90 Å². The van der Waals surface area contributed by atoms with Gasteiger partial charge in [-0.3, -0.25) is 0 Å². The Morgan fingerprint density at radius 2 is 1.81 bits per heavy atom. The highest BCUT2D eigenvalue weighted by atomic mass is 35.5. The molecule has 2 heterocycles. The molecule has 1 aromatic carbocycles. The topological polar surface area (TPSA) is 29.0 Å². The van der Waals surface area contributed by atoms with Crippen LogP contribution in [0.3, 0.4) is 0 Å². The van der Waals surface area contributed by atoms with Crippen molar-refractivity contribution in [3.63, 3.8) is 0 Å². The number of hydrogen-bond donors (Lipinski definition) is 0. The van der Waals surface area contributed by atoms with E-state index in [0.717, 1.165) is 48.4 Å². The lowest BCUT2D eigenvalue weighted by Gasteiger charge is -2.23. The van der Waals surface area contributed by atoms with Gasteiger partial charge in [-0.2, -0.15) is 4.98 Å². The number of nitrogens with zero attached hydrogens (tertiary/aromatic N) is 3. The maximum absolute atomic E-state index is 6.26. The summed E-state index contributed by atoms with van der Waals surface area (Å²) in [7, 11) is 0. The first kappa shape index (κ1) is 19.1. The molecule has 3 rings (SSSR count). The molecule has 0 aliphatic rings. The molecule has 3 aromatic rings. The van der Waals surface area contributed by atoms with Gasteiger partial charge in [0.15, 0.2) is 0 Å². The largest absolute Gasteiger partial charge is 0.356 e. The molecule has 2 aromatic heterocycles. The highest BCUT2D eigenvalue weighted by molar-refractivity contribution is 7.19. The van der Waals surface area contributed by atoms with E-state index in [1.807, 2.05) is 0 Å². The Labute approximate surface area is 165 Å². The van der Waals surface area contributed by atoms with E-state index in [-0.39, 0.29) is 0 Å². The summed E-state index contributed by atoms with van der Waals surface area (Å²) in [6.07, 6.45) is 3.35. The van der Waals surface area contributed by atoms with Crippen LogP contribution in [0.1, 0.15) is 44.1 Å².